The van der Waals surface area contributed by atoms with Gasteiger partial charge in [-0.3, -0.25) is 9.59 Å². The smallest absolute Gasteiger partial charge is 0.274 e. The summed E-state index contributed by atoms with van der Waals surface area (Å²) in [5, 5.41) is 7.90. The lowest BCUT2D eigenvalue weighted by Gasteiger charge is -2.21. The molecule has 1 atom stereocenters. The molecular weight excluding hydrogens is 274 g/mol. The Hall–Kier alpha value is -2.51. The lowest BCUT2D eigenvalue weighted by Crippen LogP contribution is -2.33. The van der Waals surface area contributed by atoms with Crippen molar-refractivity contribution in [3.8, 4) is 0 Å². The van der Waals surface area contributed by atoms with Crippen LogP contribution in [0.15, 0.2) is 21.5 Å². The third-order valence-electron chi connectivity index (χ3n) is 3.53. The summed E-state index contributed by atoms with van der Waals surface area (Å²) in [6.45, 7) is 2.33. The highest BCUT2D eigenvalue weighted by Gasteiger charge is 2.34. The maximum Gasteiger partial charge on any atom is 0.274 e. The van der Waals surface area contributed by atoms with Gasteiger partial charge in [0, 0.05) is 26.6 Å². The van der Waals surface area contributed by atoms with Gasteiger partial charge >= 0.3 is 0 Å². The minimum Gasteiger partial charge on any atom is -0.340 e. The quantitative estimate of drug-likeness (QED) is 0.796. The molecule has 8 nitrogen and oxygen atoms in total. The molecule has 0 saturated carbocycles. The molecule has 1 amide bonds. The Bertz CT molecular complexity index is 735. The molecule has 2 aromatic heterocycles. The predicted octanol–water partition coefficient (Wildman–Crippen LogP) is 0.449. The number of aryl methyl sites for hydroxylation is 2. The van der Waals surface area contributed by atoms with E-state index in [0.29, 0.717) is 18.3 Å². The number of carbonyl (C=O) groups excluding carboxylic acids is 1. The molecule has 8 heteroatoms. The van der Waals surface area contributed by atoms with Crippen LogP contribution in [0, 0.1) is 6.92 Å². The Kier molecular flexibility index (Phi) is 3.28. The van der Waals surface area contributed by atoms with Gasteiger partial charge in [-0.1, -0.05) is 5.16 Å². The second-order valence-corrected chi connectivity index (χ2v) is 5.01. The van der Waals surface area contributed by atoms with Gasteiger partial charge in [0.25, 0.3) is 11.5 Å². The molecule has 1 fully saturated rings. The zero-order chi connectivity index (χ0) is 15.0. The molecule has 0 aliphatic carbocycles. The van der Waals surface area contributed by atoms with Crippen molar-refractivity contribution in [2.24, 2.45) is 7.05 Å². The van der Waals surface area contributed by atoms with Crippen LogP contribution in [0.4, 0.5) is 0 Å². The third-order valence-corrected chi connectivity index (χ3v) is 3.53. The Morgan fingerprint density at radius 1 is 1.43 bits per heavy atom. The highest BCUT2D eigenvalue weighted by Crippen LogP contribution is 2.31. The fourth-order valence-electron chi connectivity index (χ4n) is 2.49. The summed E-state index contributed by atoms with van der Waals surface area (Å²) in [7, 11) is 1.52. The molecule has 0 unspecified atom stereocenters. The van der Waals surface area contributed by atoms with Crippen molar-refractivity contribution in [1.29, 1.82) is 0 Å². The van der Waals surface area contributed by atoms with E-state index < -0.39 is 0 Å². The number of hydrogen-bond donors (Lipinski definition) is 0. The van der Waals surface area contributed by atoms with Gasteiger partial charge in [-0.25, -0.2) is 4.68 Å². The molecule has 2 aromatic rings. The fourth-order valence-corrected chi connectivity index (χ4v) is 2.49. The molecule has 21 heavy (non-hydrogen) atoms. The third kappa shape index (κ3) is 2.44. The molecule has 0 aromatic carbocycles. The van der Waals surface area contributed by atoms with Gasteiger partial charge in [-0.05, 0) is 18.9 Å². The van der Waals surface area contributed by atoms with Gasteiger partial charge in [0.2, 0.25) is 5.89 Å². The first-order valence-electron chi connectivity index (χ1n) is 6.72. The van der Waals surface area contributed by atoms with E-state index in [9.17, 15) is 9.59 Å². The van der Waals surface area contributed by atoms with Crippen molar-refractivity contribution in [2.45, 2.75) is 25.8 Å². The molecule has 110 valence electrons. The molecule has 0 radical (unpaired) electrons. The summed E-state index contributed by atoms with van der Waals surface area (Å²) in [5.41, 5.74) is -0.0115. The minimum atomic E-state index is -0.252. The Morgan fingerprint density at radius 2 is 2.24 bits per heavy atom. The molecule has 3 heterocycles. The first kappa shape index (κ1) is 13.5. The summed E-state index contributed by atoms with van der Waals surface area (Å²) < 4.78 is 6.14. The molecule has 0 spiro atoms. The molecule has 3 rings (SSSR count). The first-order valence-corrected chi connectivity index (χ1v) is 6.72. The van der Waals surface area contributed by atoms with E-state index >= 15 is 0 Å². The number of likely N-dealkylation sites (tertiary alicyclic amines) is 1. The Labute approximate surface area is 120 Å². The van der Waals surface area contributed by atoms with Gasteiger partial charge in [0.15, 0.2) is 5.82 Å². The average Bonchev–Trinajstić information content (AvgIpc) is 3.09. The van der Waals surface area contributed by atoms with Gasteiger partial charge in [-0.15, -0.1) is 0 Å². The molecular formula is C13H15N5O3. The zero-order valence-electron chi connectivity index (χ0n) is 11.8. The number of amides is 1. The van der Waals surface area contributed by atoms with Crippen molar-refractivity contribution in [3.05, 3.63) is 39.9 Å². The predicted molar refractivity (Wildman–Crippen MR) is 71.5 cm³/mol. The van der Waals surface area contributed by atoms with Crippen LogP contribution >= 0.6 is 0 Å². The van der Waals surface area contributed by atoms with Gasteiger partial charge in [-0.2, -0.15) is 10.1 Å². The SMILES string of the molecule is Cc1nc([C@H]2CCCN2C(=O)c2ccc(=O)n(C)n2)no1. The van der Waals surface area contributed by atoms with Crippen molar-refractivity contribution in [2.75, 3.05) is 6.54 Å². The van der Waals surface area contributed by atoms with Crippen LogP contribution in [0.25, 0.3) is 0 Å². The fraction of sp³-hybridized carbons (Fsp3) is 0.462. The standard InChI is InChI=1S/C13H15N5O3/c1-8-14-12(16-21-8)10-4-3-7-18(10)13(20)9-5-6-11(19)17(2)15-9/h5-6,10H,3-4,7H2,1-2H3/t10-/m1/s1. The zero-order valence-corrected chi connectivity index (χ0v) is 11.8. The van der Waals surface area contributed by atoms with E-state index in [1.807, 2.05) is 0 Å². The number of carbonyl (C=O) groups is 1. The maximum atomic E-state index is 12.6. The van der Waals surface area contributed by atoms with Crippen LogP contribution in [-0.4, -0.2) is 37.3 Å². The van der Waals surface area contributed by atoms with E-state index in [0.717, 1.165) is 17.5 Å². The number of hydrogen-bond acceptors (Lipinski definition) is 6. The second kappa shape index (κ2) is 5.12. The topological polar surface area (TPSA) is 94.1 Å². The summed E-state index contributed by atoms with van der Waals surface area (Å²) in [5.74, 6) is 0.767. The van der Waals surface area contributed by atoms with Crippen LogP contribution in [0.3, 0.4) is 0 Å². The molecule has 0 N–H and O–H groups in total. The van der Waals surface area contributed by atoms with Crippen LogP contribution < -0.4 is 5.56 Å². The largest absolute Gasteiger partial charge is 0.340 e. The Balaban J connectivity index is 1.89. The van der Waals surface area contributed by atoms with Crippen molar-refractivity contribution < 1.29 is 9.32 Å². The van der Waals surface area contributed by atoms with E-state index in [2.05, 4.69) is 15.2 Å². The maximum absolute atomic E-state index is 12.6. The van der Waals surface area contributed by atoms with Crippen LogP contribution in [0.2, 0.25) is 0 Å². The minimum absolute atomic E-state index is 0.200. The van der Waals surface area contributed by atoms with Gasteiger partial charge in [0.05, 0.1) is 6.04 Å². The van der Waals surface area contributed by atoms with Crippen LogP contribution in [0.5, 0.6) is 0 Å². The van der Waals surface area contributed by atoms with E-state index in [4.69, 9.17) is 4.52 Å². The van der Waals surface area contributed by atoms with E-state index in [-0.39, 0.29) is 23.2 Å². The van der Waals surface area contributed by atoms with Gasteiger partial charge < -0.3 is 9.42 Å². The monoisotopic (exact) mass is 289 g/mol. The summed E-state index contributed by atoms with van der Waals surface area (Å²) in [6, 6.07) is 2.58. The summed E-state index contributed by atoms with van der Waals surface area (Å²) >= 11 is 0. The molecule has 1 aliphatic rings. The van der Waals surface area contributed by atoms with E-state index in [1.165, 1.54) is 19.2 Å². The Morgan fingerprint density at radius 3 is 2.90 bits per heavy atom. The molecule has 1 saturated heterocycles. The highest BCUT2D eigenvalue weighted by molar-refractivity contribution is 5.92. The summed E-state index contributed by atoms with van der Waals surface area (Å²) in [4.78, 5) is 29.8. The van der Waals surface area contributed by atoms with Crippen molar-refractivity contribution >= 4 is 5.91 Å². The highest BCUT2D eigenvalue weighted by atomic mass is 16.5. The first-order chi connectivity index (χ1) is 10.1. The van der Waals surface area contributed by atoms with Crippen LogP contribution in [0.1, 0.15) is 41.1 Å². The molecule has 0 bridgehead atoms. The lowest BCUT2D eigenvalue weighted by atomic mass is 10.2. The van der Waals surface area contributed by atoms with Crippen molar-refractivity contribution in [1.82, 2.24) is 24.8 Å². The van der Waals surface area contributed by atoms with Crippen LogP contribution in [-0.2, 0) is 7.05 Å². The average molecular weight is 289 g/mol. The van der Waals surface area contributed by atoms with E-state index in [1.54, 1.807) is 11.8 Å². The number of aromatic nitrogens is 4. The normalized spacial score (nSPS) is 18.2. The second-order valence-electron chi connectivity index (χ2n) is 5.01. The number of nitrogens with zero attached hydrogens (tertiary/aromatic N) is 5. The van der Waals surface area contributed by atoms with Crippen molar-refractivity contribution in [3.63, 3.8) is 0 Å². The van der Waals surface area contributed by atoms with Gasteiger partial charge in [0.1, 0.15) is 5.69 Å². The number of rotatable bonds is 2. The summed E-state index contributed by atoms with van der Waals surface area (Å²) in [6.07, 6.45) is 1.66. The molecule has 1 aliphatic heterocycles. The lowest BCUT2D eigenvalue weighted by molar-refractivity contribution is 0.0719.